The molecule has 0 unspecified atom stereocenters. The largest absolute Gasteiger partial charge is 0.314 e. The number of carbonyl (C=O) groups excluding carboxylic acids is 1. The number of nitrogens with zero attached hydrogens (tertiary/aromatic N) is 1. The molecule has 5 heteroatoms. The lowest BCUT2D eigenvalue weighted by atomic mass is 9.90. The SMILES string of the molecule is CC(C)(C(=O)c1ccc(Cl)cc1F)N1CCNCC1. The summed E-state index contributed by atoms with van der Waals surface area (Å²) in [6.07, 6.45) is 0. The summed E-state index contributed by atoms with van der Waals surface area (Å²) in [6, 6.07) is 4.19. The minimum Gasteiger partial charge on any atom is -0.314 e. The molecule has 1 aliphatic rings. The molecule has 104 valence electrons. The summed E-state index contributed by atoms with van der Waals surface area (Å²) < 4.78 is 13.9. The van der Waals surface area contributed by atoms with Crippen molar-refractivity contribution in [3.63, 3.8) is 0 Å². The zero-order chi connectivity index (χ0) is 14.0. The van der Waals surface area contributed by atoms with Gasteiger partial charge >= 0.3 is 0 Å². The number of benzene rings is 1. The average molecular weight is 285 g/mol. The van der Waals surface area contributed by atoms with Crippen LogP contribution < -0.4 is 5.32 Å². The molecule has 1 aliphatic heterocycles. The Morgan fingerprint density at radius 2 is 2.00 bits per heavy atom. The molecule has 0 bridgehead atoms. The third kappa shape index (κ3) is 2.96. The highest BCUT2D eigenvalue weighted by Crippen LogP contribution is 2.24. The van der Waals surface area contributed by atoms with Crippen molar-refractivity contribution in [1.82, 2.24) is 10.2 Å². The lowest BCUT2D eigenvalue weighted by molar-refractivity contribution is 0.0598. The van der Waals surface area contributed by atoms with Gasteiger partial charge in [0.25, 0.3) is 0 Å². The molecule has 0 aliphatic carbocycles. The summed E-state index contributed by atoms with van der Waals surface area (Å²) in [5, 5.41) is 3.54. The Labute approximate surface area is 117 Å². The summed E-state index contributed by atoms with van der Waals surface area (Å²) in [4.78, 5) is 14.6. The number of piperazine rings is 1. The van der Waals surface area contributed by atoms with Crippen molar-refractivity contribution in [2.45, 2.75) is 19.4 Å². The monoisotopic (exact) mass is 284 g/mol. The molecule has 1 saturated heterocycles. The van der Waals surface area contributed by atoms with Gasteiger partial charge in [-0.05, 0) is 32.0 Å². The summed E-state index contributed by atoms with van der Waals surface area (Å²) >= 11 is 5.71. The Bertz CT molecular complexity index is 484. The predicted molar refractivity (Wildman–Crippen MR) is 74.3 cm³/mol. The number of carbonyl (C=O) groups is 1. The standard InChI is InChI=1S/C14H18ClFN2O/c1-14(2,18-7-5-17-6-8-18)13(19)11-4-3-10(15)9-12(11)16/h3-4,9,17H,5-8H2,1-2H3. The number of hydrogen-bond donors (Lipinski definition) is 1. The van der Waals surface area contributed by atoms with Gasteiger partial charge in [0.05, 0.1) is 11.1 Å². The van der Waals surface area contributed by atoms with Crippen molar-refractivity contribution in [2.24, 2.45) is 0 Å². The molecule has 1 aromatic carbocycles. The minimum atomic E-state index is -0.712. The number of rotatable bonds is 3. The molecule has 2 rings (SSSR count). The van der Waals surface area contributed by atoms with Crippen LogP contribution in [0, 0.1) is 5.82 Å². The zero-order valence-corrected chi connectivity index (χ0v) is 11.9. The lowest BCUT2D eigenvalue weighted by Crippen LogP contribution is -2.57. The zero-order valence-electron chi connectivity index (χ0n) is 11.2. The van der Waals surface area contributed by atoms with Crippen LogP contribution in [-0.4, -0.2) is 42.4 Å². The van der Waals surface area contributed by atoms with E-state index in [0.29, 0.717) is 5.02 Å². The molecule has 0 atom stereocenters. The molecule has 3 nitrogen and oxygen atoms in total. The molecular weight excluding hydrogens is 267 g/mol. The fourth-order valence-electron chi connectivity index (χ4n) is 2.37. The first kappa shape index (κ1) is 14.4. The average Bonchev–Trinajstić information content (AvgIpc) is 2.39. The van der Waals surface area contributed by atoms with Crippen molar-refractivity contribution in [2.75, 3.05) is 26.2 Å². The van der Waals surface area contributed by atoms with Crippen LogP contribution in [0.4, 0.5) is 4.39 Å². The molecule has 1 N–H and O–H groups in total. The van der Waals surface area contributed by atoms with Crippen LogP contribution in [0.3, 0.4) is 0 Å². The summed E-state index contributed by atoms with van der Waals surface area (Å²) in [7, 11) is 0. The summed E-state index contributed by atoms with van der Waals surface area (Å²) in [5.41, 5.74) is -0.607. The maximum Gasteiger partial charge on any atom is 0.185 e. The topological polar surface area (TPSA) is 32.3 Å². The van der Waals surface area contributed by atoms with Gasteiger partial charge in [-0.15, -0.1) is 0 Å². The number of hydrogen-bond acceptors (Lipinski definition) is 3. The van der Waals surface area contributed by atoms with Gasteiger partial charge in [-0.2, -0.15) is 0 Å². The van der Waals surface area contributed by atoms with Crippen LogP contribution in [0.5, 0.6) is 0 Å². The van der Waals surface area contributed by atoms with E-state index in [1.807, 2.05) is 13.8 Å². The molecule has 0 spiro atoms. The van der Waals surface area contributed by atoms with Crippen LogP contribution in [0.1, 0.15) is 24.2 Å². The molecule has 1 heterocycles. The van der Waals surface area contributed by atoms with Crippen LogP contribution >= 0.6 is 11.6 Å². The van der Waals surface area contributed by atoms with Gasteiger partial charge in [0, 0.05) is 31.2 Å². The molecular formula is C14H18ClFN2O. The maximum absolute atomic E-state index is 13.9. The van der Waals surface area contributed by atoms with Gasteiger partial charge in [-0.25, -0.2) is 4.39 Å². The first-order valence-electron chi connectivity index (χ1n) is 6.38. The fourth-order valence-corrected chi connectivity index (χ4v) is 2.53. The Morgan fingerprint density at radius 1 is 1.37 bits per heavy atom. The highest BCUT2D eigenvalue weighted by molar-refractivity contribution is 6.30. The van der Waals surface area contributed by atoms with E-state index >= 15 is 0 Å². The highest BCUT2D eigenvalue weighted by Gasteiger charge is 2.36. The van der Waals surface area contributed by atoms with E-state index in [0.717, 1.165) is 26.2 Å². The number of Topliss-reactive ketones (excluding diaryl/α,β-unsaturated/α-hetero) is 1. The van der Waals surface area contributed by atoms with Crippen LogP contribution in [0.2, 0.25) is 5.02 Å². The molecule has 0 aromatic heterocycles. The Morgan fingerprint density at radius 3 is 2.58 bits per heavy atom. The highest BCUT2D eigenvalue weighted by atomic mass is 35.5. The van der Waals surface area contributed by atoms with Gasteiger partial charge in [-0.1, -0.05) is 11.6 Å². The van der Waals surface area contributed by atoms with E-state index in [9.17, 15) is 9.18 Å². The summed E-state index contributed by atoms with van der Waals surface area (Å²) in [5.74, 6) is -0.760. The summed E-state index contributed by atoms with van der Waals surface area (Å²) in [6.45, 7) is 6.95. The predicted octanol–water partition coefficient (Wildman–Crippen LogP) is 2.35. The first-order valence-corrected chi connectivity index (χ1v) is 6.76. The molecule has 0 saturated carbocycles. The van der Waals surface area contributed by atoms with Crippen LogP contribution in [0.15, 0.2) is 18.2 Å². The number of nitrogens with one attached hydrogen (secondary N) is 1. The Hall–Kier alpha value is -0.970. The maximum atomic E-state index is 13.9. The second kappa shape index (κ2) is 5.57. The van der Waals surface area contributed by atoms with Crippen molar-refractivity contribution in [1.29, 1.82) is 0 Å². The number of ketones is 1. The van der Waals surface area contributed by atoms with Gasteiger partial charge in [0.1, 0.15) is 5.82 Å². The molecule has 1 aromatic rings. The first-order chi connectivity index (χ1) is 8.93. The Balaban J connectivity index is 2.26. The van der Waals surface area contributed by atoms with Gasteiger partial charge in [-0.3, -0.25) is 9.69 Å². The van der Waals surface area contributed by atoms with Crippen molar-refractivity contribution >= 4 is 17.4 Å². The second-order valence-electron chi connectivity index (χ2n) is 5.25. The van der Waals surface area contributed by atoms with E-state index in [1.165, 1.54) is 12.1 Å². The fraction of sp³-hybridized carbons (Fsp3) is 0.500. The second-order valence-corrected chi connectivity index (χ2v) is 5.69. The lowest BCUT2D eigenvalue weighted by Gasteiger charge is -2.40. The van der Waals surface area contributed by atoms with Crippen molar-refractivity contribution < 1.29 is 9.18 Å². The van der Waals surface area contributed by atoms with Crippen molar-refractivity contribution in [3.05, 3.63) is 34.6 Å². The van der Waals surface area contributed by atoms with E-state index in [4.69, 9.17) is 11.6 Å². The minimum absolute atomic E-state index is 0.105. The van der Waals surface area contributed by atoms with E-state index in [1.54, 1.807) is 6.07 Å². The molecule has 0 amide bonds. The van der Waals surface area contributed by atoms with Gasteiger partial charge in [0.2, 0.25) is 0 Å². The molecule has 19 heavy (non-hydrogen) atoms. The van der Waals surface area contributed by atoms with Crippen LogP contribution in [0.25, 0.3) is 0 Å². The quantitative estimate of drug-likeness (QED) is 0.865. The van der Waals surface area contributed by atoms with Crippen molar-refractivity contribution in [3.8, 4) is 0 Å². The van der Waals surface area contributed by atoms with Gasteiger partial charge < -0.3 is 5.32 Å². The van der Waals surface area contributed by atoms with E-state index in [-0.39, 0.29) is 11.3 Å². The van der Waals surface area contributed by atoms with E-state index < -0.39 is 11.4 Å². The normalized spacial score (nSPS) is 17.5. The Kier molecular flexibility index (Phi) is 4.23. The molecule has 1 fully saturated rings. The van der Waals surface area contributed by atoms with Crippen LogP contribution in [-0.2, 0) is 0 Å². The smallest absolute Gasteiger partial charge is 0.185 e. The third-order valence-corrected chi connectivity index (χ3v) is 3.87. The number of halogens is 2. The van der Waals surface area contributed by atoms with E-state index in [2.05, 4.69) is 10.2 Å². The third-order valence-electron chi connectivity index (χ3n) is 3.64. The van der Waals surface area contributed by atoms with Gasteiger partial charge in [0.15, 0.2) is 5.78 Å². The molecule has 0 radical (unpaired) electrons.